The van der Waals surface area contributed by atoms with Crippen molar-refractivity contribution in [3.63, 3.8) is 0 Å². The normalized spacial score (nSPS) is 21.6. The minimum absolute atomic E-state index is 0.230. The van der Waals surface area contributed by atoms with Crippen LogP contribution in [0.1, 0.15) is 69.4 Å². The molecule has 0 spiro atoms. The van der Waals surface area contributed by atoms with Crippen LogP contribution in [0.15, 0.2) is 54.6 Å². The second-order valence-corrected chi connectivity index (χ2v) is 10.2. The van der Waals surface area contributed by atoms with Gasteiger partial charge in [0.1, 0.15) is 12.0 Å². The number of carboxylic acid groups (broad SMARTS) is 1. The van der Waals surface area contributed by atoms with E-state index >= 15 is 0 Å². The lowest BCUT2D eigenvalue weighted by Crippen LogP contribution is -2.53. The molecule has 0 aliphatic carbocycles. The fourth-order valence-corrected chi connectivity index (χ4v) is 5.95. The monoisotopic (exact) mass is 492 g/mol. The van der Waals surface area contributed by atoms with Crippen molar-refractivity contribution in [1.82, 2.24) is 4.90 Å². The number of anilines is 1. The molecule has 3 heterocycles. The molecule has 0 saturated carbocycles. The number of rotatable bonds is 14. The van der Waals surface area contributed by atoms with E-state index in [4.69, 9.17) is 4.74 Å². The lowest BCUT2D eigenvalue weighted by atomic mass is 9.73. The molecular weight excluding hydrogens is 452 g/mol. The topological polar surface area (TPSA) is 70.1 Å². The van der Waals surface area contributed by atoms with E-state index in [2.05, 4.69) is 17.0 Å². The van der Waals surface area contributed by atoms with Crippen molar-refractivity contribution in [3.05, 3.63) is 60.2 Å². The summed E-state index contributed by atoms with van der Waals surface area (Å²) < 4.78 is 6.03. The van der Waals surface area contributed by atoms with E-state index < -0.39 is 6.09 Å². The number of hydrogen-bond acceptors (Lipinski definition) is 4. The van der Waals surface area contributed by atoms with Crippen LogP contribution in [-0.4, -0.2) is 48.6 Å². The Kier molecular flexibility index (Phi) is 9.79. The Bertz CT molecular complexity index is 958. The van der Waals surface area contributed by atoms with Gasteiger partial charge in [-0.05, 0) is 68.3 Å². The lowest BCUT2D eigenvalue weighted by molar-refractivity contribution is -0.107. The average molecular weight is 493 g/mol. The Labute approximate surface area is 215 Å². The molecule has 1 N–H and O–H groups in total. The largest absolute Gasteiger partial charge is 0.494 e. The van der Waals surface area contributed by atoms with Crippen LogP contribution in [0.5, 0.6) is 5.75 Å². The van der Waals surface area contributed by atoms with Gasteiger partial charge in [-0.15, -0.1) is 0 Å². The Morgan fingerprint density at radius 1 is 1.00 bits per heavy atom. The molecule has 36 heavy (non-hydrogen) atoms. The summed E-state index contributed by atoms with van der Waals surface area (Å²) in [5, 5.41) is 10.5. The first kappa shape index (κ1) is 26.2. The zero-order valence-corrected chi connectivity index (χ0v) is 21.3. The maximum Gasteiger partial charge on any atom is 0.412 e. The van der Waals surface area contributed by atoms with Gasteiger partial charge in [-0.2, -0.15) is 0 Å². The van der Waals surface area contributed by atoms with Crippen molar-refractivity contribution in [2.75, 3.05) is 31.1 Å². The second kappa shape index (κ2) is 13.4. The summed E-state index contributed by atoms with van der Waals surface area (Å²) in [6.07, 6.45) is 9.46. The molecule has 0 radical (unpaired) electrons. The third kappa shape index (κ3) is 6.88. The van der Waals surface area contributed by atoms with Crippen molar-refractivity contribution < 1.29 is 19.4 Å². The highest BCUT2D eigenvalue weighted by Crippen LogP contribution is 2.44. The number of hydrogen-bond donors (Lipinski definition) is 1. The number of carbonyl (C=O) groups is 2. The highest BCUT2D eigenvalue weighted by atomic mass is 16.5. The van der Waals surface area contributed by atoms with Crippen LogP contribution < -0.4 is 9.64 Å². The summed E-state index contributed by atoms with van der Waals surface area (Å²) in [6.45, 7) is 3.81. The number of ether oxygens (including phenoxy) is 1. The van der Waals surface area contributed by atoms with Crippen molar-refractivity contribution in [3.8, 4) is 5.75 Å². The molecule has 2 aromatic rings. The van der Waals surface area contributed by atoms with Crippen molar-refractivity contribution in [2.24, 2.45) is 11.8 Å². The molecule has 3 fully saturated rings. The first-order chi connectivity index (χ1) is 17.7. The number of piperidine rings is 3. The van der Waals surface area contributed by atoms with E-state index in [1.54, 1.807) is 4.90 Å². The van der Waals surface area contributed by atoms with Crippen LogP contribution in [0, 0.1) is 11.8 Å². The van der Waals surface area contributed by atoms with E-state index in [9.17, 15) is 14.7 Å². The maximum absolute atomic E-state index is 12.8. The molecule has 2 atom stereocenters. The van der Waals surface area contributed by atoms with Gasteiger partial charge in [0.25, 0.3) is 0 Å². The van der Waals surface area contributed by atoms with Crippen LogP contribution in [-0.2, 0) is 4.79 Å². The fraction of sp³-hybridized carbons (Fsp3) is 0.533. The van der Waals surface area contributed by atoms with Gasteiger partial charge in [-0.3, -0.25) is 4.90 Å². The Balaban J connectivity index is 1.44. The van der Waals surface area contributed by atoms with E-state index in [1.165, 1.54) is 0 Å². The summed E-state index contributed by atoms with van der Waals surface area (Å²) in [5.41, 5.74) is 1.72. The van der Waals surface area contributed by atoms with E-state index in [-0.39, 0.29) is 12.0 Å². The quantitative estimate of drug-likeness (QED) is 0.239. The smallest absolute Gasteiger partial charge is 0.412 e. The number of amides is 1. The molecule has 194 valence electrons. The Hall–Kier alpha value is -2.86. The third-order valence-electron chi connectivity index (χ3n) is 7.82. The number of benzene rings is 2. The summed E-state index contributed by atoms with van der Waals surface area (Å²) in [7, 11) is 0. The Morgan fingerprint density at radius 2 is 1.72 bits per heavy atom. The molecule has 2 aromatic carbocycles. The maximum atomic E-state index is 12.8. The molecule has 6 heteroatoms. The van der Waals surface area contributed by atoms with Crippen molar-refractivity contribution >= 4 is 18.1 Å². The highest BCUT2D eigenvalue weighted by Gasteiger charge is 2.43. The van der Waals surface area contributed by atoms with Crippen LogP contribution in [0.4, 0.5) is 10.5 Å². The van der Waals surface area contributed by atoms with Crippen LogP contribution in [0.25, 0.3) is 0 Å². The van der Waals surface area contributed by atoms with Gasteiger partial charge in [0, 0.05) is 19.0 Å². The predicted octanol–water partition coefficient (Wildman–Crippen LogP) is 6.56. The van der Waals surface area contributed by atoms with Crippen LogP contribution in [0.2, 0.25) is 0 Å². The van der Waals surface area contributed by atoms with Crippen molar-refractivity contribution in [2.45, 2.75) is 63.8 Å². The average Bonchev–Trinajstić information content (AvgIpc) is 2.92. The molecule has 1 unspecified atom stereocenters. The summed E-state index contributed by atoms with van der Waals surface area (Å²) in [6, 6.07) is 17.5. The molecule has 3 aliphatic heterocycles. The number of nitrogens with zero attached hydrogens (tertiary/aromatic N) is 2. The second-order valence-electron chi connectivity index (χ2n) is 10.2. The first-order valence-electron chi connectivity index (χ1n) is 13.6. The zero-order chi connectivity index (χ0) is 25.2. The number of unbranched alkanes of at least 4 members (excludes halogenated alkanes) is 6. The summed E-state index contributed by atoms with van der Waals surface area (Å²) in [4.78, 5) is 27.2. The molecular formula is C30H40N2O4. The lowest BCUT2D eigenvalue weighted by Gasteiger charge is -2.49. The Morgan fingerprint density at radius 3 is 2.39 bits per heavy atom. The predicted molar refractivity (Wildman–Crippen MR) is 143 cm³/mol. The van der Waals surface area contributed by atoms with Crippen LogP contribution in [0.3, 0.4) is 0 Å². The van der Waals surface area contributed by atoms with E-state index in [0.717, 1.165) is 82.9 Å². The third-order valence-corrected chi connectivity index (χ3v) is 7.82. The van der Waals surface area contributed by atoms with Gasteiger partial charge in [0.15, 0.2) is 0 Å². The summed E-state index contributed by atoms with van der Waals surface area (Å²) >= 11 is 0. The van der Waals surface area contributed by atoms with Gasteiger partial charge in [-0.25, -0.2) is 4.79 Å². The number of fused-ring (bicyclic) bond motifs is 3. The van der Waals surface area contributed by atoms with Gasteiger partial charge in [0.05, 0.1) is 18.3 Å². The molecule has 5 rings (SSSR count). The highest BCUT2D eigenvalue weighted by molar-refractivity contribution is 5.87. The molecule has 1 amide bonds. The van der Waals surface area contributed by atoms with Gasteiger partial charge >= 0.3 is 6.09 Å². The zero-order valence-electron chi connectivity index (χ0n) is 21.3. The van der Waals surface area contributed by atoms with Gasteiger partial charge in [-0.1, -0.05) is 62.1 Å². The summed E-state index contributed by atoms with van der Waals surface area (Å²) in [5.74, 6) is 1.52. The van der Waals surface area contributed by atoms with Gasteiger partial charge < -0.3 is 19.5 Å². The molecule has 2 bridgehead atoms. The molecule has 0 aromatic heterocycles. The van der Waals surface area contributed by atoms with E-state index in [0.29, 0.717) is 30.4 Å². The van der Waals surface area contributed by atoms with Crippen molar-refractivity contribution in [1.29, 1.82) is 0 Å². The number of aldehydes is 1. The fourth-order valence-electron chi connectivity index (χ4n) is 5.95. The minimum atomic E-state index is -0.924. The number of carbonyl (C=O) groups excluding carboxylic acids is 1. The molecule has 3 saturated heterocycles. The molecule has 6 nitrogen and oxygen atoms in total. The van der Waals surface area contributed by atoms with E-state index in [1.807, 2.05) is 42.5 Å². The molecule has 3 aliphatic rings. The SMILES string of the molecule is O=CCCCCCCCCOc1cccc(N(C(=O)O)[C@@H](c2ccccc2)C2CN3CCC2CC3)c1. The minimum Gasteiger partial charge on any atom is -0.494 e. The van der Waals surface area contributed by atoms with Gasteiger partial charge in [0.2, 0.25) is 0 Å². The first-order valence-corrected chi connectivity index (χ1v) is 13.6. The van der Waals surface area contributed by atoms with Crippen LogP contribution >= 0.6 is 0 Å². The standard InChI is InChI=1S/C30H40N2O4/c33-20-9-4-2-1-3-5-10-21-36-27-15-11-14-26(22-27)32(30(34)35)29(25-12-7-6-8-13-25)28-23-31-18-16-24(28)17-19-31/h6-8,11-15,20,22,24,28-29H,1-5,9-10,16-19,21,23H2,(H,34,35)/t28?,29-/m0/s1.